The van der Waals surface area contributed by atoms with Gasteiger partial charge in [-0.05, 0) is 32.9 Å². The van der Waals surface area contributed by atoms with E-state index in [9.17, 15) is 0 Å². The third-order valence-corrected chi connectivity index (χ3v) is 2.33. The fraction of sp³-hybridized carbons (Fsp3) is 0.692. The normalized spacial score (nSPS) is 13.5. The monoisotopic (exact) mass is 195 g/mol. The molecule has 0 aromatic heterocycles. The Kier molecular flexibility index (Phi) is 7.50. The van der Waals surface area contributed by atoms with Crippen LogP contribution in [-0.2, 0) is 0 Å². The van der Waals surface area contributed by atoms with Gasteiger partial charge in [0.05, 0.1) is 0 Å². The molecule has 0 aliphatic heterocycles. The van der Waals surface area contributed by atoms with Crippen LogP contribution < -0.4 is 0 Å². The Labute approximate surface area is 89.5 Å². The Morgan fingerprint density at radius 1 is 1.36 bits per heavy atom. The van der Waals surface area contributed by atoms with Crippen molar-refractivity contribution in [3.63, 3.8) is 0 Å². The summed E-state index contributed by atoms with van der Waals surface area (Å²) in [6.07, 6.45) is 7.92. The van der Waals surface area contributed by atoms with Gasteiger partial charge in [0.15, 0.2) is 0 Å². The van der Waals surface area contributed by atoms with Crippen LogP contribution in [0.1, 0.15) is 34.1 Å². The zero-order valence-electron chi connectivity index (χ0n) is 10.4. The van der Waals surface area contributed by atoms with Crippen LogP contribution in [0.4, 0.5) is 0 Å². The first-order valence-corrected chi connectivity index (χ1v) is 5.63. The van der Waals surface area contributed by atoms with Gasteiger partial charge in [-0.15, -0.1) is 0 Å². The molecule has 82 valence electrons. The number of hydrogen-bond donors (Lipinski definition) is 0. The van der Waals surface area contributed by atoms with Crippen molar-refractivity contribution in [3.8, 4) is 0 Å². The molecule has 0 unspecified atom stereocenters. The highest BCUT2D eigenvalue weighted by Crippen LogP contribution is 2.10. The van der Waals surface area contributed by atoms with E-state index in [1.54, 1.807) is 0 Å². The zero-order valence-corrected chi connectivity index (χ0v) is 10.4. The summed E-state index contributed by atoms with van der Waals surface area (Å²) in [6.45, 7) is 11.0. The van der Waals surface area contributed by atoms with Crippen LogP contribution in [0.3, 0.4) is 0 Å². The van der Waals surface area contributed by atoms with Crippen molar-refractivity contribution in [2.45, 2.75) is 34.1 Å². The molecular formula is C13H25N. The smallest absolute Gasteiger partial charge is 0.0163 e. The Morgan fingerprint density at radius 2 is 2.00 bits per heavy atom. The van der Waals surface area contributed by atoms with Crippen molar-refractivity contribution in [1.82, 2.24) is 4.90 Å². The first kappa shape index (κ1) is 13.4. The summed E-state index contributed by atoms with van der Waals surface area (Å²) in [5, 5.41) is 0. The van der Waals surface area contributed by atoms with Crippen LogP contribution in [0.15, 0.2) is 23.8 Å². The van der Waals surface area contributed by atoms with Crippen LogP contribution >= 0.6 is 0 Å². The molecule has 0 saturated heterocycles. The van der Waals surface area contributed by atoms with Crippen LogP contribution in [0.2, 0.25) is 0 Å². The number of nitrogens with zero attached hydrogens (tertiary/aromatic N) is 1. The maximum absolute atomic E-state index is 2.34. The SMILES string of the molecule is C/C=C(\C=C/CN(C)CCC)C(C)C. The lowest BCUT2D eigenvalue weighted by Gasteiger charge is -2.12. The second kappa shape index (κ2) is 7.81. The molecule has 14 heavy (non-hydrogen) atoms. The lowest BCUT2D eigenvalue weighted by atomic mass is 10.0. The molecular weight excluding hydrogens is 170 g/mol. The Balaban J connectivity index is 3.92. The number of likely N-dealkylation sites (N-methyl/N-ethyl adjacent to an activating group) is 1. The Hall–Kier alpha value is -0.560. The molecule has 0 aromatic carbocycles. The molecule has 1 nitrogen and oxygen atoms in total. The molecule has 0 saturated carbocycles. The van der Waals surface area contributed by atoms with Crippen molar-refractivity contribution >= 4 is 0 Å². The van der Waals surface area contributed by atoms with Gasteiger partial charge in [0.2, 0.25) is 0 Å². The van der Waals surface area contributed by atoms with E-state index in [4.69, 9.17) is 0 Å². The van der Waals surface area contributed by atoms with Gasteiger partial charge in [0, 0.05) is 6.54 Å². The fourth-order valence-electron chi connectivity index (χ4n) is 1.46. The van der Waals surface area contributed by atoms with Crippen LogP contribution in [-0.4, -0.2) is 25.0 Å². The maximum Gasteiger partial charge on any atom is 0.0163 e. The highest BCUT2D eigenvalue weighted by Gasteiger charge is 1.97. The fourth-order valence-corrected chi connectivity index (χ4v) is 1.46. The summed E-state index contributed by atoms with van der Waals surface area (Å²) in [4.78, 5) is 2.34. The molecule has 0 radical (unpaired) electrons. The predicted molar refractivity (Wildman–Crippen MR) is 65.5 cm³/mol. The van der Waals surface area contributed by atoms with E-state index in [2.05, 4.69) is 57.9 Å². The van der Waals surface area contributed by atoms with Gasteiger partial charge in [0.1, 0.15) is 0 Å². The summed E-state index contributed by atoms with van der Waals surface area (Å²) in [5.41, 5.74) is 1.43. The molecule has 0 fully saturated rings. The van der Waals surface area contributed by atoms with Crippen molar-refractivity contribution in [2.75, 3.05) is 20.1 Å². The molecule has 0 spiro atoms. The van der Waals surface area contributed by atoms with E-state index in [-0.39, 0.29) is 0 Å². The minimum absolute atomic E-state index is 0.632. The molecule has 0 bridgehead atoms. The van der Waals surface area contributed by atoms with Crippen molar-refractivity contribution < 1.29 is 0 Å². The Morgan fingerprint density at radius 3 is 2.43 bits per heavy atom. The van der Waals surface area contributed by atoms with Crippen LogP contribution in [0.5, 0.6) is 0 Å². The van der Waals surface area contributed by atoms with Gasteiger partial charge >= 0.3 is 0 Å². The minimum atomic E-state index is 0.632. The van der Waals surface area contributed by atoms with E-state index < -0.39 is 0 Å². The van der Waals surface area contributed by atoms with Crippen LogP contribution in [0.25, 0.3) is 0 Å². The minimum Gasteiger partial charge on any atom is -0.303 e. The van der Waals surface area contributed by atoms with Crippen LogP contribution in [0, 0.1) is 5.92 Å². The van der Waals surface area contributed by atoms with E-state index >= 15 is 0 Å². The summed E-state index contributed by atoms with van der Waals surface area (Å²) in [5.74, 6) is 0.632. The lowest BCUT2D eigenvalue weighted by molar-refractivity contribution is 0.370. The molecule has 0 N–H and O–H groups in total. The highest BCUT2D eigenvalue weighted by molar-refractivity contribution is 5.19. The summed E-state index contributed by atoms with van der Waals surface area (Å²) in [7, 11) is 2.17. The second-order valence-corrected chi connectivity index (χ2v) is 4.11. The third kappa shape index (κ3) is 5.98. The average molecular weight is 195 g/mol. The molecule has 0 rings (SSSR count). The molecule has 0 amide bonds. The predicted octanol–water partition coefficient (Wildman–Crippen LogP) is 3.49. The van der Waals surface area contributed by atoms with Gasteiger partial charge in [-0.2, -0.15) is 0 Å². The van der Waals surface area contributed by atoms with Crippen molar-refractivity contribution in [2.24, 2.45) is 5.92 Å². The summed E-state index contributed by atoms with van der Waals surface area (Å²) in [6, 6.07) is 0. The van der Waals surface area contributed by atoms with Crippen molar-refractivity contribution in [3.05, 3.63) is 23.8 Å². The molecule has 0 aliphatic rings. The summed E-state index contributed by atoms with van der Waals surface area (Å²) >= 11 is 0. The van der Waals surface area contributed by atoms with E-state index in [0.29, 0.717) is 5.92 Å². The number of hydrogen-bond acceptors (Lipinski definition) is 1. The van der Waals surface area contributed by atoms with Gasteiger partial charge in [-0.3, -0.25) is 0 Å². The average Bonchev–Trinajstić information content (AvgIpc) is 2.12. The molecule has 0 aliphatic carbocycles. The zero-order chi connectivity index (χ0) is 11.0. The van der Waals surface area contributed by atoms with Gasteiger partial charge in [0.25, 0.3) is 0 Å². The third-order valence-electron chi connectivity index (χ3n) is 2.33. The molecule has 0 heterocycles. The van der Waals surface area contributed by atoms with Gasteiger partial charge in [-0.1, -0.05) is 44.6 Å². The number of allylic oxidation sites excluding steroid dienone is 3. The quantitative estimate of drug-likeness (QED) is 0.586. The van der Waals surface area contributed by atoms with E-state index in [1.165, 1.54) is 18.5 Å². The topological polar surface area (TPSA) is 3.24 Å². The molecule has 0 aromatic rings. The number of rotatable bonds is 6. The standard InChI is InChI=1S/C13H25N/c1-6-10-14(5)11-8-9-13(7-2)12(3)4/h7-9,12H,6,10-11H2,1-5H3/b9-8-,13-7+. The largest absolute Gasteiger partial charge is 0.303 e. The summed E-state index contributed by atoms with van der Waals surface area (Å²) < 4.78 is 0. The van der Waals surface area contributed by atoms with Crippen molar-refractivity contribution in [1.29, 1.82) is 0 Å². The van der Waals surface area contributed by atoms with E-state index in [0.717, 1.165) is 6.54 Å². The highest BCUT2D eigenvalue weighted by atomic mass is 15.1. The molecule has 1 heteroatoms. The second-order valence-electron chi connectivity index (χ2n) is 4.11. The first-order chi connectivity index (χ1) is 6.61. The maximum atomic E-state index is 2.34. The lowest BCUT2D eigenvalue weighted by Crippen LogP contribution is -2.18. The van der Waals surface area contributed by atoms with Gasteiger partial charge < -0.3 is 4.90 Å². The molecule has 0 atom stereocenters. The first-order valence-electron chi connectivity index (χ1n) is 5.63. The Bertz CT molecular complexity index is 189. The van der Waals surface area contributed by atoms with Gasteiger partial charge in [-0.25, -0.2) is 0 Å². The van der Waals surface area contributed by atoms with E-state index in [1.807, 2.05) is 0 Å².